The van der Waals surface area contributed by atoms with Crippen LogP contribution in [0.4, 0.5) is 18.0 Å². The molecule has 1 unspecified atom stereocenters. The van der Waals surface area contributed by atoms with E-state index >= 15 is 0 Å². The molecule has 1 aromatic heterocycles. The molecule has 1 aliphatic rings. The van der Waals surface area contributed by atoms with Crippen molar-refractivity contribution in [1.82, 2.24) is 15.3 Å². The number of hydrogen-bond donors (Lipinski definition) is 2. The highest BCUT2D eigenvalue weighted by Crippen LogP contribution is 2.61. The van der Waals surface area contributed by atoms with Gasteiger partial charge in [-0.15, -0.1) is 0 Å². The molecular formula is C19H22F3N3O2. The number of nitrogens with one attached hydrogen (secondary N) is 2. The van der Waals surface area contributed by atoms with Crippen LogP contribution >= 0.6 is 0 Å². The first-order valence-corrected chi connectivity index (χ1v) is 8.84. The third-order valence-electron chi connectivity index (χ3n) is 4.97. The highest BCUT2D eigenvalue weighted by atomic mass is 19.4. The maximum absolute atomic E-state index is 13.2. The van der Waals surface area contributed by atoms with Gasteiger partial charge in [-0.25, -0.2) is 9.78 Å². The zero-order valence-electron chi connectivity index (χ0n) is 15.0. The van der Waals surface area contributed by atoms with Crippen LogP contribution in [0.25, 0.3) is 0 Å². The Labute approximate surface area is 155 Å². The molecule has 0 spiro atoms. The first-order valence-electron chi connectivity index (χ1n) is 8.84. The summed E-state index contributed by atoms with van der Waals surface area (Å²) in [5, 5.41) is 2.67. The highest BCUT2D eigenvalue weighted by molar-refractivity contribution is 5.67. The van der Waals surface area contributed by atoms with Crippen LogP contribution in [-0.4, -0.2) is 22.2 Å². The fraction of sp³-hybridized carbons (Fsp3) is 0.474. The van der Waals surface area contributed by atoms with E-state index < -0.39 is 23.7 Å². The number of halogens is 3. The number of alkyl halides is 3. The van der Waals surface area contributed by atoms with Crippen molar-refractivity contribution in [3.8, 4) is 0 Å². The number of carbonyl (C=O) groups is 1. The van der Waals surface area contributed by atoms with Gasteiger partial charge >= 0.3 is 12.3 Å². The molecule has 146 valence electrons. The second-order valence-electron chi connectivity index (χ2n) is 7.00. The lowest BCUT2D eigenvalue weighted by atomic mass is 9.95. The van der Waals surface area contributed by atoms with E-state index in [2.05, 4.69) is 15.3 Å². The molecular weight excluding hydrogens is 359 g/mol. The Morgan fingerprint density at radius 2 is 2.04 bits per heavy atom. The van der Waals surface area contributed by atoms with Crippen molar-refractivity contribution >= 4 is 6.09 Å². The molecule has 1 saturated carbocycles. The summed E-state index contributed by atoms with van der Waals surface area (Å²) in [5.41, 5.74) is -0.214. The highest BCUT2D eigenvalue weighted by Gasteiger charge is 2.62. The number of carbonyl (C=O) groups excluding carboxylic acids is 1. The van der Waals surface area contributed by atoms with Crippen molar-refractivity contribution in [2.45, 2.75) is 51.4 Å². The van der Waals surface area contributed by atoms with Gasteiger partial charge in [0.15, 0.2) is 0 Å². The van der Waals surface area contributed by atoms with E-state index in [1.54, 1.807) is 6.92 Å². The summed E-state index contributed by atoms with van der Waals surface area (Å²) in [6.07, 6.45) is -2.96. The van der Waals surface area contributed by atoms with E-state index in [0.29, 0.717) is 11.5 Å². The van der Waals surface area contributed by atoms with E-state index in [-0.39, 0.29) is 32.3 Å². The smallest absolute Gasteiger partial charge is 0.408 e. The summed E-state index contributed by atoms with van der Waals surface area (Å²) in [6, 6.07) is 8.55. The van der Waals surface area contributed by atoms with Crippen LogP contribution in [-0.2, 0) is 11.3 Å². The van der Waals surface area contributed by atoms with Gasteiger partial charge in [-0.2, -0.15) is 13.2 Å². The maximum Gasteiger partial charge on any atom is 0.408 e. The average Bonchev–Trinajstić information content (AvgIpc) is 3.32. The molecule has 1 amide bonds. The summed E-state index contributed by atoms with van der Waals surface area (Å²) >= 11 is 0. The van der Waals surface area contributed by atoms with Crippen LogP contribution in [0.15, 0.2) is 36.5 Å². The number of aromatic nitrogens is 2. The first-order chi connectivity index (χ1) is 12.8. The quantitative estimate of drug-likeness (QED) is 0.723. The summed E-state index contributed by atoms with van der Waals surface area (Å²) in [4.78, 5) is 19.2. The van der Waals surface area contributed by atoms with Crippen LogP contribution in [0.5, 0.6) is 0 Å². The summed E-state index contributed by atoms with van der Waals surface area (Å²) < 4.78 is 44.8. The number of nitrogens with zero attached hydrogens (tertiary/aromatic N) is 1. The molecule has 0 aliphatic heterocycles. The van der Waals surface area contributed by atoms with Crippen molar-refractivity contribution in [2.75, 3.05) is 0 Å². The summed E-state index contributed by atoms with van der Waals surface area (Å²) in [5.74, 6) is 0.631. The molecule has 1 aliphatic carbocycles. The molecule has 1 heterocycles. The maximum atomic E-state index is 13.2. The van der Waals surface area contributed by atoms with Crippen LogP contribution in [0.1, 0.15) is 48.8 Å². The van der Waals surface area contributed by atoms with Crippen molar-refractivity contribution in [2.24, 2.45) is 5.41 Å². The lowest BCUT2D eigenvalue weighted by Crippen LogP contribution is -2.31. The lowest BCUT2D eigenvalue weighted by Gasteiger charge is -2.23. The fourth-order valence-corrected chi connectivity index (χ4v) is 3.08. The molecule has 1 aromatic carbocycles. The van der Waals surface area contributed by atoms with Crippen molar-refractivity contribution in [3.63, 3.8) is 0 Å². The topological polar surface area (TPSA) is 67.0 Å². The predicted octanol–water partition coefficient (Wildman–Crippen LogP) is 4.81. The van der Waals surface area contributed by atoms with E-state index in [9.17, 15) is 18.0 Å². The number of alkyl carbamates (subject to hydrolysis) is 1. The van der Waals surface area contributed by atoms with Gasteiger partial charge in [0, 0.05) is 0 Å². The zero-order chi connectivity index (χ0) is 19.5. The molecule has 27 heavy (non-hydrogen) atoms. The third-order valence-corrected chi connectivity index (χ3v) is 4.97. The monoisotopic (exact) mass is 381 g/mol. The number of aromatic amines is 1. The minimum absolute atomic E-state index is 0.0435. The predicted molar refractivity (Wildman–Crippen MR) is 92.8 cm³/mol. The van der Waals surface area contributed by atoms with Crippen molar-refractivity contribution in [3.05, 3.63) is 53.6 Å². The molecule has 0 radical (unpaired) electrons. The second kappa shape index (κ2) is 7.62. The fourth-order valence-electron chi connectivity index (χ4n) is 3.08. The van der Waals surface area contributed by atoms with Gasteiger partial charge in [-0.05, 0) is 38.2 Å². The number of hydrogen-bond acceptors (Lipinski definition) is 3. The van der Waals surface area contributed by atoms with Gasteiger partial charge in [-0.3, -0.25) is 0 Å². The van der Waals surface area contributed by atoms with Gasteiger partial charge in [0.25, 0.3) is 0 Å². The number of rotatable bonds is 7. The Kier molecular flexibility index (Phi) is 5.43. The Morgan fingerprint density at radius 1 is 1.33 bits per heavy atom. The number of amides is 1. The molecule has 3 rings (SSSR count). The Balaban J connectivity index is 1.61. The molecule has 2 aromatic rings. The number of imidazole rings is 1. The van der Waals surface area contributed by atoms with E-state index in [1.807, 2.05) is 30.3 Å². The molecule has 8 heteroatoms. The molecule has 1 atom stereocenters. The minimum atomic E-state index is -4.21. The molecule has 0 bridgehead atoms. The van der Waals surface area contributed by atoms with Crippen LogP contribution in [0.2, 0.25) is 0 Å². The Morgan fingerprint density at radius 3 is 2.59 bits per heavy atom. The van der Waals surface area contributed by atoms with E-state index in [4.69, 9.17) is 4.74 Å². The van der Waals surface area contributed by atoms with Crippen LogP contribution in [0.3, 0.4) is 0 Å². The Bertz CT molecular complexity index is 770. The average molecular weight is 381 g/mol. The minimum Gasteiger partial charge on any atom is -0.445 e. The molecule has 5 nitrogen and oxygen atoms in total. The third kappa shape index (κ3) is 4.81. The zero-order valence-corrected chi connectivity index (χ0v) is 15.0. The normalized spacial score (nSPS) is 16.6. The summed E-state index contributed by atoms with van der Waals surface area (Å²) in [6.45, 7) is 1.83. The van der Waals surface area contributed by atoms with E-state index in [0.717, 1.165) is 5.56 Å². The standard InChI is InChI=1S/C19H22F3N3O2/c1-13-23-11-16(24-13)15(7-8-18(9-10-18)19(20,21)22)25-17(26)27-12-14-5-3-2-4-6-14/h2-6,11,15H,7-10,12H2,1H3,(H,23,24)(H,25,26). The SMILES string of the molecule is Cc1ncc(C(CCC2(C(F)(F)F)CC2)NC(=O)OCc2ccccc2)[nH]1. The van der Waals surface area contributed by atoms with E-state index in [1.165, 1.54) is 6.20 Å². The number of ether oxygens (including phenoxy) is 1. The van der Waals surface area contributed by atoms with Gasteiger partial charge in [-0.1, -0.05) is 30.3 Å². The van der Waals surface area contributed by atoms with Gasteiger partial charge in [0.1, 0.15) is 12.4 Å². The van der Waals surface area contributed by atoms with Crippen molar-refractivity contribution < 1.29 is 22.7 Å². The number of aryl methyl sites for hydroxylation is 1. The van der Waals surface area contributed by atoms with Crippen LogP contribution in [0, 0.1) is 12.3 Å². The number of benzene rings is 1. The largest absolute Gasteiger partial charge is 0.445 e. The first kappa shape index (κ1) is 19.3. The van der Waals surface area contributed by atoms with Gasteiger partial charge < -0.3 is 15.0 Å². The van der Waals surface area contributed by atoms with Gasteiger partial charge in [0.05, 0.1) is 23.3 Å². The van der Waals surface area contributed by atoms with Crippen LogP contribution < -0.4 is 5.32 Å². The molecule has 2 N–H and O–H groups in total. The Hall–Kier alpha value is -2.51. The van der Waals surface area contributed by atoms with Crippen molar-refractivity contribution in [1.29, 1.82) is 0 Å². The summed E-state index contributed by atoms with van der Waals surface area (Å²) in [7, 11) is 0. The molecule has 1 fully saturated rings. The number of H-pyrrole nitrogens is 1. The lowest BCUT2D eigenvalue weighted by molar-refractivity contribution is -0.189. The molecule has 0 saturated heterocycles. The second-order valence-corrected chi connectivity index (χ2v) is 7.00. The van der Waals surface area contributed by atoms with Gasteiger partial charge in [0.2, 0.25) is 0 Å².